The van der Waals surface area contributed by atoms with Gasteiger partial charge in [0.1, 0.15) is 47.1 Å². The predicted molar refractivity (Wildman–Crippen MR) is 97.9 cm³/mol. The van der Waals surface area contributed by atoms with E-state index in [1.165, 1.54) is 48.2 Å². The fourth-order valence-corrected chi connectivity index (χ4v) is 3.03. The third-order valence-corrected chi connectivity index (χ3v) is 4.49. The molecule has 0 aliphatic rings. The van der Waals surface area contributed by atoms with E-state index in [1.54, 1.807) is 12.1 Å². The standard InChI is InChI=1S/C19H14F2N4OS/c20-13-3-1-12(2-4-13)11-27-19-24-17(16(9-22)18(23)25-19)10-26-15-7-5-14(21)6-8-15/h1-8H,10-11H2,(H2,23,24,25). The number of rotatable bonds is 6. The Morgan fingerprint density at radius 1 is 1.00 bits per heavy atom. The van der Waals surface area contributed by atoms with E-state index >= 15 is 0 Å². The summed E-state index contributed by atoms with van der Waals surface area (Å²) < 4.78 is 31.5. The lowest BCUT2D eigenvalue weighted by atomic mass is 10.2. The van der Waals surface area contributed by atoms with Gasteiger partial charge in [0.05, 0.1) is 0 Å². The van der Waals surface area contributed by atoms with Gasteiger partial charge >= 0.3 is 0 Å². The van der Waals surface area contributed by atoms with Gasteiger partial charge in [0.2, 0.25) is 0 Å². The van der Waals surface area contributed by atoms with Gasteiger partial charge in [-0.25, -0.2) is 18.7 Å². The smallest absolute Gasteiger partial charge is 0.190 e. The van der Waals surface area contributed by atoms with E-state index in [9.17, 15) is 14.0 Å². The van der Waals surface area contributed by atoms with Crippen molar-refractivity contribution in [3.63, 3.8) is 0 Å². The summed E-state index contributed by atoms with van der Waals surface area (Å²) in [5, 5.41) is 9.68. The van der Waals surface area contributed by atoms with Crippen molar-refractivity contribution in [1.29, 1.82) is 5.26 Å². The minimum absolute atomic E-state index is 0.00858. The summed E-state index contributed by atoms with van der Waals surface area (Å²) in [4.78, 5) is 8.48. The summed E-state index contributed by atoms with van der Waals surface area (Å²) >= 11 is 1.31. The largest absolute Gasteiger partial charge is 0.487 e. The van der Waals surface area contributed by atoms with Gasteiger partial charge in [-0.3, -0.25) is 0 Å². The summed E-state index contributed by atoms with van der Waals surface area (Å²) in [5.41, 5.74) is 7.25. The quantitative estimate of drug-likeness (QED) is 0.509. The van der Waals surface area contributed by atoms with E-state index in [0.29, 0.717) is 22.4 Å². The van der Waals surface area contributed by atoms with Crippen molar-refractivity contribution >= 4 is 17.6 Å². The molecule has 5 nitrogen and oxygen atoms in total. The number of anilines is 1. The number of nitrogens with zero attached hydrogens (tertiary/aromatic N) is 3. The highest BCUT2D eigenvalue weighted by molar-refractivity contribution is 7.98. The molecule has 2 aromatic carbocycles. The fourth-order valence-electron chi connectivity index (χ4n) is 2.20. The lowest BCUT2D eigenvalue weighted by molar-refractivity contribution is 0.299. The first kappa shape index (κ1) is 18.6. The maximum Gasteiger partial charge on any atom is 0.190 e. The van der Waals surface area contributed by atoms with Gasteiger partial charge in [0.15, 0.2) is 5.16 Å². The zero-order valence-corrected chi connectivity index (χ0v) is 14.8. The van der Waals surface area contributed by atoms with Crippen LogP contribution in [0.2, 0.25) is 0 Å². The van der Waals surface area contributed by atoms with Crippen LogP contribution >= 0.6 is 11.8 Å². The maximum absolute atomic E-state index is 13.0. The molecule has 1 heterocycles. The third kappa shape index (κ3) is 4.92. The second-order valence-corrected chi connectivity index (χ2v) is 6.43. The van der Waals surface area contributed by atoms with Crippen LogP contribution < -0.4 is 10.5 Å². The molecule has 0 fully saturated rings. The van der Waals surface area contributed by atoms with Gasteiger partial charge < -0.3 is 10.5 Å². The molecule has 0 amide bonds. The highest BCUT2D eigenvalue weighted by atomic mass is 32.2. The topological polar surface area (TPSA) is 84.8 Å². The first-order chi connectivity index (χ1) is 13.0. The Hall–Kier alpha value is -3.18. The van der Waals surface area contributed by atoms with E-state index in [4.69, 9.17) is 10.5 Å². The van der Waals surface area contributed by atoms with Gasteiger partial charge in [0, 0.05) is 5.75 Å². The summed E-state index contributed by atoms with van der Waals surface area (Å²) in [6, 6.07) is 13.6. The third-order valence-electron chi connectivity index (χ3n) is 3.57. The molecule has 0 spiro atoms. The van der Waals surface area contributed by atoms with Crippen molar-refractivity contribution < 1.29 is 13.5 Å². The molecule has 0 aliphatic heterocycles. The van der Waals surface area contributed by atoms with Crippen LogP contribution in [0, 0.1) is 23.0 Å². The van der Waals surface area contributed by atoms with Crippen LogP contribution in [0.15, 0.2) is 53.7 Å². The monoisotopic (exact) mass is 384 g/mol. The van der Waals surface area contributed by atoms with Crippen LogP contribution in [0.5, 0.6) is 5.75 Å². The molecule has 0 atom stereocenters. The Morgan fingerprint density at radius 3 is 2.26 bits per heavy atom. The molecule has 136 valence electrons. The normalized spacial score (nSPS) is 10.4. The van der Waals surface area contributed by atoms with Crippen LogP contribution in [0.1, 0.15) is 16.8 Å². The summed E-state index contributed by atoms with van der Waals surface area (Å²) in [7, 11) is 0. The molecule has 8 heteroatoms. The number of hydrogen-bond acceptors (Lipinski definition) is 6. The van der Waals surface area contributed by atoms with Gasteiger partial charge in [0.25, 0.3) is 0 Å². The Morgan fingerprint density at radius 2 is 1.63 bits per heavy atom. The highest BCUT2D eigenvalue weighted by Crippen LogP contribution is 2.24. The van der Waals surface area contributed by atoms with Crippen molar-refractivity contribution in [2.75, 3.05) is 5.73 Å². The van der Waals surface area contributed by atoms with Crippen molar-refractivity contribution in [3.05, 3.63) is 77.0 Å². The molecule has 0 saturated carbocycles. The fraction of sp³-hybridized carbons (Fsp3) is 0.105. The lowest BCUT2D eigenvalue weighted by Crippen LogP contribution is -2.08. The summed E-state index contributed by atoms with van der Waals surface area (Å²) in [5.74, 6) is 0.350. The number of aromatic nitrogens is 2. The molecular weight excluding hydrogens is 370 g/mol. The van der Waals surface area contributed by atoms with Crippen molar-refractivity contribution in [2.45, 2.75) is 17.5 Å². The van der Waals surface area contributed by atoms with Gasteiger partial charge in [-0.2, -0.15) is 5.26 Å². The van der Waals surface area contributed by atoms with E-state index < -0.39 is 0 Å². The number of thioether (sulfide) groups is 1. The molecule has 0 saturated heterocycles. The minimum atomic E-state index is -0.370. The number of ether oxygens (including phenoxy) is 1. The lowest BCUT2D eigenvalue weighted by Gasteiger charge is -2.10. The number of nitriles is 1. The Kier molecular flexibility index (Phi) is 5.84. The molecule has 2 N–H and O–H groups in total. The van der Waals surface area contributed by atoms with Gasteiger partial charge in [-0.1, -0.05) is 23.9 Å². The van der Waals surface area contributed by atoms with Crippen molar-refractivity contribution in [1.82, 2.24) is 9.97 Å². The number of nitrogens with two attached hydrogens (primary N) is 1. The second-order valence-electron chi connectivity index (χ2n) is 5.48. The first-order valence-electron chi connectivity index (χ1n) is 7.87. The van der Waals surface area contributed by atoms with Crippen LogP contribution in [0.4, 0.5) is 14.6 Å². The summed E-state index contributed by atoms with van der Waals surface area (Å²) in [6.07, 6.45) is 0. The number of hydrogen-bond donors (Lipinski definition) is 1. The number of nitrogen functional groups attached to an aromatic ring is 1. The molecule has 0 unspecified atom stereocenters. The molecule has 1 aromatic heterocycles. The summed E-state index contributed by atoms with van der Waals surface area (Å²) in [6.45, 7) is -0.00858. The van der Waals surface area contributed by atoms with Gasteiger partial charge in [-0.15, -0.1) is 0 Å². The Balaban J connectivity index is 1.75. The number of halogens is 2. The average molecular weight is 384 g/mol. The predicted octanol–water partition coefficient (Wildman–Crippen LogP) is 4.08. The van der Waals surface area contributed by atoms with E-state index in [1.807, 2.05) is 6.07 Å². The minimum Gasteiger partial charge on any atom is -0.487 e. The van der Waals surface area contributed by atoms with E-state index in [-0.39, 0.29) is 29.6 Å². The van der Waals surface area contributed by atoms with Crippen LogP contribution in [0.25, 0.3) is 0 Å². The molecule has 0 radical (unpaired) electrons. The Bertz CT molecular complexity index is 973. The zero-order chi connectivity index (χ0) is 19.2. The second kappa shape index (κ2) is 8.47. The van der Waals surface area contributed by atoms with Gasteiger partial charge in [-0.05, 0) is 42.0 Å². The molecule has 3 aromatic rings. The molecule has 0 bridgehead atoms. The van der Waals surface area contributed by atoms with Crippen LogP contribution in [0.3, 0.4) is 0 Å². The number of benzene rings is 2. The van der Waals surface area contributed by atoms with Crippen molar-refractivity contribution in [2.24, 2.45) is 0 Å². The maximum atomic E-state index is 13.0. The van der Waals surface area contributed by atoms with Crippen LogP contribution in [-0.4, -0.2) is 9.97 Å². The van der Waals surface area contributed by atoms with Crippen molar-refractivity contribution in [3.8, 4) is 11.8 Å². The zero-order valence-electron chi connectivity index (χ0n) is 14.0. The Labute approximate surface area is 158 Å². The highest BCUT2D eigenvalue weighted by Gasteiger charge is 2.14. The van der Waals surface area contributed by atoms with Crippen LogP contribution in [-0.2, 0) is 12.4 Å². The molecule has 0 aliphatic carbocycles. The molecular formula is C19H14F2N4OS. The molecule has 3 rings (SSSR count). The average Bonchev–Trinajstić information content (AvgIpc) is 2.67. The van der Waals surface area contributed by atoms with E-state index in [0.717, 1.165) is 5.56 Å². The molecule has 27 heavy (non-hydrogen) atoms. The SMILES string of the molecule is N#Cc1c(N)nc(SCc2ccc(F)cc2)nc1COc1ccc(F)cc1. The first-order valence-corrected chi connectivity index (χ1v) is 8.86. The van der Waals surface area contributed by atoms with E-state index in [2.05, 4.69) is 9.97 Å².